The number of carbonyl (C=O) groups is 1. The highest BCUT2D eigenvalue weighted by Crippen LogP contribution is 2.37. The lowest BCUT2D eigenvalue weighted by molar-refractivity contribution is 0.0919. The van der Waals surface area contributed by atoms with Gasteiger partial charge in [0.25, 0.3) is 5.56 Å². The Morgan fingerprint density at radius 1 is 1.10 bits per heavy atom. The van der Waals surface area contributed by atoms with Crippen molar-refractivity contribution < 1.29 is 14.3 Å². The zero-order chi connectivity index (χ0) is 21.4. The van der Waals surface area contributed by atoms with Crippen molar-refractivity contribution in [3.05, 3.63) is 50.2 Å². The van der Waals surface area contributed by atoms with Gasteiger partial charge in [-0.05, 0) is 37.1 Å². The zero-order valence-electron chi connectivity index (χ0n) is 17.2. The van der Waals surface area contributed by atoms with Crippen LogP contribution in [0.25, 0.3) is 0 Å². The Labute approximate surface area is 173 Å². The molecule has 0 saturated carbocycles. The van der Waals surface area contributed by atoms with Gasteiger partial charge in [-0.15, -0.1) is 0 Å². The quantitative estimate of drug-likeness (QED) is 0.739. The second-order valence-electron chi connectivity index (χ2n) is 7.77. The van der Waals surface area contributed by atoms with Crippen molar-refractivity contribution in [1.29, 1.82) is 0 Å². The number of nitrogens with zero attached hydrogens (tertiary/aromatic N) is 3. The summed E-state index contributed by atoms with van der Waals surface area (Å²) in [5, 5.41) is 0. The fourth-order valence-electron chi connectivity index (χ4n) is 4.17. The lowest BCUT2D eigenvalue weighted by Crippen LogP contribution is -2.43. The van der Waals surface area contributed by atoms with Crippen LogP contribution in [0.2, 0.25) is 0 Å². The Bertz CT molecular complexity index is 1100. The largest absolute Gasteiger partial charge is 0.490 e. The summed E-state index contributed by atoms with van der Waals surface area (Å²) in [4.78, 5) is 39.6. The lowest BCUT2D eigenvalue weighted by atomic mass is 10.0. The molecule has 2 aromatic rings. The highest BCUT2D eigenvalue weighted by atomic mass is 16.5. The van der Waals surface area contributed by atoms with Gasteiger partial charge in [0, 0.05) is 26.6 Å². The number of hydrogen-bond donors (Lipinski definition) is 1. The topological polar surface area (TPSA) is 109 Å². The molecule has 0 spiro atoms. The Hall–Kier alpha value is -3.07. The van der Waals surface area contributed by atoms with Crippen molar-refractivity contribution in [1.82, 2.24) is 14.0 Å². The summed E-state index contributed by atoms with van der Waals surface area (Å²) in [5.41, 5.74) is 5.64. The number of ketones is 1. The van der Waals surface area contributed by atoms with Crippen LogP contribution >= 0.6 is 0 Å². The van der Waals surface area contributed by atoms with E-state index in [9.17, 15) is 14.4 Å². The van der Waals surface area contributed by atoms with Gasteiger partial charge in [0.1, 0.15) is 11.4 Å². The molecule has 0 radical (unpaired) electrons. The normalized spacial score (nSPS) is 18.9. The Morgan fingerprint density at radius 2 is 1.83 bits per heavy atom. The third kappa shape index (κ3) is 3.49. The van der Waals surface area contributed by atoms with Crippen molar-refractivity contribution in [3.63, 3.8) is 0 Å². The molecular formula is C21H26N4O5. The fourth-order valence-corrected chi connectivity index (χ4v) is 4.17. The number of aromatic nitrogens is 2. The van der Waals surface area contributed by atoms with E-state index >= 15 is 0 Å². The Kier molecular flexibility index (Phi) is 5.38. The predicted octanol–water partition coefficient (Wildman–Crippen LogP) is 0.847. The number of likely N-dealkylation sites (tertiary alicyclic amines) is 1. The molecule has 0 amide bonds. The van der Waals surface area contributed by atoms with Gasteiger partial charge >= 0.3 is 5.69 Å². The lowest BCUT2D eigenvalue weighted by Gasteiger charge is -2.25. The molecule has 1 saturated heterocycles. The highest BCUT2D eigenvalue weighted by Gasteiger charge is 2.30. The number of hydrogen-bond acceptors (Lipinski definition) is 7. The van der Waals surface area contributed by atoms with Crippen LogP contribution in [0.4, 0.5) is 5.82 Å². The molecule has 4 rings (SSSR count). The molecule has 0 aliphatic carbocycles. The number of benzene rings is 1. The van der Waals surface area contributed by atoms with Gasteiger partial charge in [-0.25, -0.2) is 4.79 Å². The number of rotatable bonds is 4. The van der Waals surface area contributed by atoms with Crippen molar-refractivity contribution >= 4 is 11.6 Å². The zero-order valence-corrected chi connectivity index (χ0v) is 17.2. The van der Waals surface area contributed by atoms with E-state index in [1.807, 2.05) is 23.1 Å². The Morgan fingerprint density at radius 3 is 2.60 bits per heavy atom. The molecule has 1 aromatic carbocycles. The number of Topliss-reactive ketones (excluding diaryl/α,β-unsaturated/α-hetero) is 1. The van der Waals surface area contributed by atoms with Gasteiger partial charge in [-0.1, -0.05) is 6.07 Å². The maximum Gasteiger partial charge on any atom is 0.332 e. The van der Waals surface area contributed by atoms with Crippen molar-refractivity contribution in [2.75, 3.05) is 32.0 Å². The number of nitrogen functional groups attached to an aromatic ring is 1. The third-order valence-corrected chi connectivity index (χ3v) is 5.86. The van der Waals surface area contributed by atoms with Crippen LogP contribution in [0.1, 0.15) is 41.2 Å². The van der Waals surface area contributed by atoms with Crippen LogP contribution in [-0.2, 0) is 14.1 Å². The monoisotopic (exact) mass is 414 g/mol. The SMILES string of the molecule is Cn1c(N)c(C(=O)CN2CCCC2c2ccc3c(c2)OCCCO3)c(=O)n(C)c1=O. The molecule has 9 heteroatoms. The van der Waals surface area contributed by atoms with E-state index < -0.39 is 11.2 Å². The van der Waals surface area contributed by atoms with Crippen LogP contribution in [0.15, 0.2) is 27.8 Å². The van der Waals surface area contributed by atoms with E-state index in [-0.39, 0.29) is 29.8 Å². The van der Waals surface area contributed by atoms with E-state index in [4.69, 9.17) is 15.2 Å². The van der Waals surface area contributed by atoms with Crippen molar-refractivity contribution in [3.8, 4) is 11.5 Å². The van der Waals surface area contributed by atoms with Crippen LogP contribution in [0.3, 0.4) is 0 Å². The van der Waals surface area contributed by atoms with Gasteiger partial charge in [0.05, 0.1) is 19.8 Å². The van der Waals surface area contributed by atoms with Gasteiger partial charge in [0.15, 0.2) is 17.3 Å². The summed E-state index contributed by atoms with van der Waals surface area (Å²) in [7, 11) is 2.79. The summed E-state index contributed by atoms with van der Waals surface area (Å²) in [6.45, 7) is 2.03. The van der Waals surface area contributed by atoms with Gasteiger partial charge in [-0.2, -0.15) is 0 Å². The summed E-state index contributed by atoms with van der Waals surface area (Å²) in [6, 6.07) is 5.92. The molecule has 1 fully saturated rings. The van der Waals surface area contributed by atoms with E-state index in [0.29, 0.717) is 13.2 Å². The van der Waals surface area contributed by atoms with Gasteiger partial charge in [0.2, 0.25) is 0 Å². The summed E-state index contributed by atoms with van der Waals surface area (Å²) < 4.78 is 13.5. The first-order valence-electron chi connectivity index (χ1n) is 10.1. The maximum absolute atomic E-state index is 13.0. The average molecular weight is 414 g/mol. The minimum atomic E-state index is -0.660. The molecule has 160 valence electrons. The average Bonchev–Trinajstić information content (AvgIpc) is 3.06. The van der Waals surface area contributed by atoms with Crippen LogP contribution < -0.4 is 26.5 Å². The molecule has 1 unspecified atom stereocenters. The summed E-state index contributed by atoms with van der Waals surface area (Å²) in [6.07, 6.45) is 2.67. The minimum absolute atomic E-state index is 0.0312. The van der Waals surface area contributed by atoms with Crippen molar-refractivity contribution in [2.24, 2.45) is 14.1 Å². The van der Waals surface area contributed by atoms with E-state index in [1.165, 1.54) is 14.1 Å². The standard InChI is InChI=1S/C21H26N4O5/c1-23-19(22)18(20(27)24(2)21(23)28)15(26)12-25-8-3-5-14(25)13-6-7-16-17(11-13)30-10-4-9-29-16/h6-7,11,14H,3-5,8-10,12,22H2,1-2H3. The van der Waals surface area contributed by atoms with E-state index in [1.54, 1.807) is 0 Å². The van der Waals surface area contributed by atoms with Gasteiger partial charge < -0.3 is 15.2 Å². The molecule has 1 aromatic heterocycles. The van der Waals surface area contributed by atoms with E-state index in [2.05, 4.69) is 0 Å². The molecule has 2 N–H and O–H groups in total. The Balaban J connectivity index is 1.60. The number of carbonyl (C=O) groups excluding carboxylic acids is 1. The first-order valence-corrected chi connectivity index (χ1v) is 10.1. The summed E-state index contributed by atoms with van der Waals surface area (Å²) in [5.74, 6) is 0.974. The molecular weight excluding hydrogens is 388 g/mol. The highest BCUT2D eigenvalue weighted by molar-refractivity contribution is 6.01. The predicted molar refractivity (Wildman–Crippen MR) is 111 cm³/mol. The third-order valence-electron chi connectivity index (χ3n) is 5.86. The first-order chi connectivity index (χ1) is 14.4. The van der Waals surface area contributed by atoms with Gasteiger partial charge in [-0.3, -0.25) is 23.6 Å². The number of ether oxygens (including phenoxy) is 2. The smallest absolute Gasteiger partial charge is 0.332 e. The fraction of sp³-hybridized carbons (Fsp3) is 0.476. The number of anilines is 1. The van der Waals surface area contributed by atoms with Crippen LogP contribution in [0.5, 0.6) is 11.5 Å². The molecule has 3 heterocycles. The van der Waals surface area contributed by atoms with Crippen molar-refractivity contribution in [2.45, 2.75) is 25.3 Å². The minimum Gasteiger partial charge on any atom is -0.490 e. The first kappa shape index (κ1) is 20.2. The maximum atomic E-state index is 13.0. The molecule has 0 bridgehead atoms. The second kappa shape index (κ2) is 7.98. The number of fused-ring (bicyclic) bond motifs is 1. The molecule has 30 heavy (non-hydrogen) atoms. The van der Waals surface area contributed by atoms with Crippen LogP contribution in [-0.4, -0.2) is 46.1 Å². The number of nitrogens with two attached hydrogens (primary N) is 1. The molecule has 2 aliphatic rings. The summed E-state index contributed by atoms with van der Waals surface area (Å²) >= 11 is 0. The van der Waals surface area contributed by atoms with E-state index in [0.717, 1.165) is 52.0 Å². The molecule has 1 atom stereocenters. The molecule has 9 nitrogen and oxygen atoms in total. The van der Waals surface area contributed by atoms with Crippen LogP contribution in [0, 0.1) is 0 Å². The second-order valence-corrected chi connectivity index (χ2v) is 7.77. The molecule has 2 aliphatic heterocycles.